The van der Waals surface area contributed by atoms with E-state index in [0.717, 1.165) is 12.1 Å². The van der Waals surface area contributed by atoms with E-state index in [-0.39, 0.29) is 6.04 Å². The van der Waals surface area contributed by atoms with Crippen LogP contribution in [0, 0.1) is 13.8 Å². The largest absolute Gasteiger partial charge is 0.271 e. The van der Waals surface area contributed by atoms with Gasteiger partial charge in [-0.15, -0.1) is 0 Å². The summed E-state index contributed by atoms with van der Waals surface area (Å²) in [5.41, 5.74) is 6.45. The normalized spacial score (nSPS) is 12.6. The molecule has 0 saturated heterocycles. The molecule has 3 N–H and O–H groups in total. The van der Waals surface area contributed by atoms with E-state index < -0.39 is 0 Å². The molecule has 0 radical (unpaired) electrons. The predicted molar refractivity (Wildman–Crippen MR) is 81.8 cm³/mol. The van der Waals surface area contributed by atoms with Gasteiger partial charge in [0.05, 0.1) is 11.7 Å². The van der Waals surface area contributed by atoms with Crippen LogP contribution in [0.5, 0.6) is 0 Å². The van der Waals surface area contributed by atoms with E-state index in [1.54, 1.807) is 0 Å². The summed E-state index contributed by atoms with van der Waals surface area (Å²) in [5, 5.41) is 0. The fourth-order valence-corrected chi connectivity index (χ4v) is 2.52. The molecule has 0 bridgehead atoms. The topological polar surface area (TPSA) is 50.9 Å². The lowest BCUT2D eigenvalue weighted by molar-refractivity contribution is 0.466. The van der Waals surface area contributed by atoms with Gasteiger partial charge in [-0.05, 0) is 31.4 Å². The molecular weight excluding hydrogens is 234 g/mol. The van der Waals surface area contributed by atoms with Crippen molar-refractivity contribution in [2.45, 2.75) is 71.8 Å². The van der Waals surface area contributed by atoms with E-state index in [9.17, 15) is 0 Å². The van der Waals surface area contributed by atoms with Crippen molar-refractivity contribution in [1.82, 2.24) is 10.4 Å². The fourth-order valence-electron chi connectivity index (χ4n) is 2.52. The lowest BCUT2D eigenvalue weighted by Crippen LogP contribution is -2.29. The predicted octanol–water partition coefficient (Wildman–Crippen LogP) is 3.95. The van der Waals surface area contributed by atoms with Crippen molar-refractivity contribution < 1.29 is 0 Å². The number of aryl methyl sites for hydroxylation is 2. The van der Waals surface area contributed by atoms with Gasteiger partial charge in [-0.2, -0.15) is 0 Å². The van der Waals surface area contributed by atoms with E-state index in [1.165, 1.54) is 49.7 Å². The second kappa shape index (κ2) is 9.05. The Bertz CT molecular complexity index is 363. The van der Waals surface area contributed by atoms with Crippen LogP contribution in [0.25, 0.3) is 0 Å². The Balaban J connectivity index is 2.40. The number of hydrogen-bond donors (Lipinski definition) is 2. The Labute approximate surface area is 118 Å². The Morgan fingerprint density at radius 2 is 1.84 bits per heavy atom. The molecule has 0 saturated carbocycles. The van der Waals surface area contributed by atoms with Gasteiger partial charge in [-0.3, -0.25) is 16.3 Å². The molecule has 1 unspecified atom stereocenters. The number of hydrogen-bond acceptors (Lipinski definition) is 3. The van der Waals surface area contributed by atoms with Crippen LogP contribution in [0.15, 0.2) is 12.3 Å². The van der Waals surface area contributed by atoms with Crippen molar-refractivity contribution in [3.8, 4) is 0 Å². The molecule has 0 aliphatic rings. The third-order valence-electron chi connectivity index (χ3n) is 3.63. The first-order chi connectivity index (χ1) is 9.19. The monoisotopic (exact) mass is 263 g/mol. The summed E-state index contributed by atoms with van der Waals surface area (Å²) in [6.07, 6.45) is 10.9. The molecule has 3 heteroatoms. The van der Waals surface area contributed by atoms with Crippen LogP contribution in [-0.2, 0) is 0 Å². The Morgan fingerprint density at radius 1 is 1.16 bits per heavy atom. The molecule has 1 aromatic rings. The van der Waals surface area contributed by atoms with Gasteiger partial charge in [-0.25, -0.2) is 0 Å². The van der Waals surface area contributed by atoms with Crippen molar-refractivity contribution in [3.63, 3.8) is 0 Å². The number of nitrogens with two attached hydrogens (primary N) is 1. The standard InChI is InChI=1S/C16H29N3/c1-4-5-6-7-8-9-10-15(19-17)16-14(3)11-13(2)12-18-16/h11-12,15,19H,4-10,17H2,1-3H3. The van der Waals surface area contributed by atoms with Gasteiger partial charge in [0.15, 0.2) is 0 Å². The van der Waals surface area contributed by atoms with Crippen molar-refractivity contribution >= 4 is 0 Å². The highest BCUT2D eigenvalue weighted by Gasteiger charge is 2.13. The highest BCUT2D eigenvalue weighted by atomic mass is 15.2. The zero-order chi connectivity index (χ0) is 14.1. The molecule has 1 rings (SSSR count). The minimum atomic E-state index is 0.187. The minimum Gasteiger partial charge on any atom is -0.271 e. The molecule has 0 aromatic carbocycles. The summed E-state index contributed by atoms with van der Waals surface area (Å²) in [4.78, 5) is 4.53. The summed E-state index contributed by atoms with van der Waals surface area (Å²) in [5.74, 6) is 5.68. The van der Waals surface area contributed by atoms with E-state index >= 15 is 0 Å². The van der Waals surface area contributed by atoms with Gasteiger partial charge in [0, 0.05) is 6.20 Å². The van der Waals surface area contributed by atoms with Crippen LogP contribution in [0.1, 0.15) is 74.7 Å². The number of rotatable bonds is 9. The zero-order valence-electron chi connectivity index (χ0n) is 12.7. The number of unbranched alkanes of at least 4 members (excludes halogenated alkanes) is 5. The van der Waals surface area contributed by atoms with Crippen LogP contribution in [0.4, 0.5) is 0 Å². The number of nitrogens with zero attached hydrogens (tertiary/aromatic N) is 1. The summed E-state index contributed by atoms with van der Waals surface area (Å²) < 4.78 is 0. The van der Waals surface area contributed by atoms with Crippen molar-refractivity contribution in [2.75, 3.05) is 0 Å². The molecular formula is C16H29N3. The maximum Gasteiger partial charge on any atom is 0.0634 e. The summed E-state index contributed by atoms with van der Waals surface area (Å²) >= 11 is 0. The third kappa shape index (κ3) is 5.70. The number of hydrazine groups is 1. The molecule has 3 nitrogen and oxygen atoms in total. The zero-order valence-corrected chi connectivity index (χ0v) is 12.7. The number of nitrogens with one attached hydrogen (secondary N) is 1. The lowest BCUT2D eigenvalue weighted by atomic mass is 10.0. The molecule has 0 amide bonds. The quantitative estimate of drug-likeness (QED) is 0.403. The smallest absolute Gasteiger partial charge is 0.0634 e. The summed E-state index contributed by atoms with van der Waals surface area (Å²) in [7, 11) is 0. The molecule has 0 aliphatic carbocycles. The van der Waals surface area contributed by atoms with E-state index in [0.29, 0.717) is 0 Å². The maximum absolute atomic E-state index is 5.68. The number of pyridine rings is 1. The second-order valence-corrected chi connectivity index (χ2v) is 5.49. The minimum absolute atomic E-state index is 0.187. The second-order valence-electron chi connectivity index (χ2n) is 5.49. The van der Waals surface area contributed by atoms with Crippen LogP contribution in [-0.4, -0.2) is 4.98 Å². The highest BCUT2D eigenvalue weighted by molar-refractivity contribution is 5.25. The SMILES string of the molecule is CCCCCCCCC(NN)c1ncc(C)cc1C. The first-order valence-corrected chi connectivity index (χ1v) is 7.58. The van der Waals surface area contributed by atoms with E-state index in [1.807, 2.05) is 6.20 Å². The maximum atomic E-state index is 5.68. The molecule has 0 spiro atoms. The van der Waals surface area contributed by atoms with Crippen molar-refractivity contribution in [2.24, 2.45) is 5.84 Å². The van der Waals surface area contributed by atoms with Crippen molar-refractivity contribution in [3.05, 3.63) is 29.1 Å². The van der Waals surface area contributed by atoms with Crippen LogP contribution in [0.3, 0.4) is 0 Å². The Morgan fingerprint density at radius 3 is 2.47 bits per heavy atom. The lowest BCUT2D eigenvalue weighted by Gasteiger charge is -2.17. The molecule has 1 atom stereocenters. The molecule has 0 aliphatic heterocycles. The van der Waals surface area contributed by atoms with Gasteiger partial charge in [0.1, 0.15) is 0 Å². The number of aromatic nitrogens is 1. The first-order valence-electron chi connectivity index (χ1n) is 7.58. The van der Waals surface area contributed by atoms with E-state index in [2.05, 4.69) is 37.2 Å². The van der Waals surface area contributed by atoms with Gasteiger partial charge in [-0.1, -0.05) is 51.5 Å². The first kappa shape index (κ1) is 16.1. The van der Waals surface area contributed by atoms with Crippen LogP contribution in [0.2, 0.25) is 0 Å². The molecule has 108 valence electrons. The Kier molecular flexibility index (Phi) is 7.68. The third-order valence-corrected chi connectivity index (χ3v) is 3.63. The summed E-state index contributed by atoms with van der Waals surface area (Å²) in [6.45, 7) is 6.43. The average molecular weight is 263 g/mol. The molecule has 1 heterocycles. The summed E-state index contributed by atoms with van der Waals surface area (Å²) in [6, 6.07) is 2.36. The Hall–Kier alpha value is -0.930. The van der Waals surface area contributed by atoms with Gasteiger partial charge in [0.25, 0.3) is 0 Å². The van der Waals surface area contributed by atoms with Gasteiger partial charge >= 0.3 is 0 Å². The van der Waals surface area contributed by atoms with Gasteiger partial charge in [0.2, 0.25) is 0 Å². The van der Waals surface area contributed by atoms with Crippen LogP contribution >= 0.6 is 0 Å². The highest BCUT2D eigenvalue weighted by Crippen LogP contribution is 2.21. The van der Waals surface area contributed by atoms with Crippen LogP contribution < -0.4 is 11.3 Å². The average Bonchev–Trinajstić information content (AvgIpc) is 2.39. The van der Waals surface area contributed by atoms with Gasteiger partial charge < -0.3 is 0 Å². The fraction of sp³-hybridized carbons (Fsp3) is 0.688. The molecule has 1 aromatic heterocycles. The van der Waals surface area contributed by atoms with E-state index in [4.69, 9.17) is 5.84 Å². The van der Waals surface area contributed by atoms with Crippen molar-refractivity contribution in [1.29, 1.82) is 0 Å². The molecule has 0 fully saturated rings. The molecule has 19 heavy (non-hydrogen) atoms.